The van der Waals surface area contributed by atoms with Gasteiger partial charge in [-0.25, -0.2) is 8.42 Å². The monoisotopic (exact) mass is 362 g/mol. The van der Waals surface area contributed by atoms with Gasteiger partial charge in [0, 0.05) is 0 Å². The molecule has 140 valence electrons. The molecule has 0 bridgehead atoms. The maximum atomic E-state index is 13.2. The quantitative estimate of drug-likeness (QED) is 0.460. The molecule has 0 rings (SSSR count). The Kier molecular flexibility index (Phi) is 9.14. The van der Waals surface area contributed by atoms with Gasteiger partial charge in [0.05, 0.1) is 9.81 Å². The minimum Gasteiger partial charge on any atom is -0.219 e. The summed E-state index contributed by atoms with van der Waals surface area (Å²) in [5.41, 5.74) is 1.74. The molecule has 2 nitrogen and oxygen atoms in total. The second-order valence-electron chi connectivity index (χ2n) is 7.25. The summed E-state index contributed by atoms with van der Waals surface area (Å²) in [4.78, 5) is 0.542. The van der Waals surface area contributed by atoms with E-state index in [9.17, 15) is 8.42 Å². The predicted molar refractivity (Wildman–Crippen MR) is 112 cm³/mol. The lowest BCUT2D eigenvalue weighted by molar-refractivity contribution is 0.517. The molecule has 0 spiro atoms. The predicted octanol–water partition coefficient (Wildman–Crippen LogP) is 6.53. The highest BCUT2D eigenvalue weighted by atomic mass is 32.2. The summed E-state index contributed by atoms with van der Waals surface area (Å²) in [6.07, 6.45) is 10.9. The number of hydrogen-bond acceptors (Lipinski definition) is 2. The van der Waals surface area contributed by atoms with E-state index in [-0.39, 0.29) is 15.2 Å². The molecule has 0 saturated heterocycles. The van der Waals surface area contributed by atoms with Gasteiger partial charge < -0.3 is 0 Å². The average Bonchev–Trinajstić information content (AvgIpc) is 2.52. The van der Waals surface area contributed by atoms with Crippen LogP contribution in [0, 0.1) is 11.3 Å². The largest absolute Gasteiger partial charge is 0.219 e. The highest BCUT2D eigenvalue weighted by molar-refractivity contribution is 7.99. The molecule has 0 saturated carbocycles. The van der Waals surface area contributed by atoms with Gasteiger partial charge in [0.1, 0.15) is 0 Å². The smallest absolute Gasteiger partial charge is 0.206 e. The molecule has 0 N–H and O–H groups in total. The highest BCUT2D eigenvalue weighted by Gasteiger charge is 2.23. The van der Waals surface area contributed by atoms with Crippen LogP contribution in [-0.2, 0) is 9.84 Å². The number of allylic oxidation sites excluding steroid dienone is 8. The second kappa shape index (κ2) is 9.76. The van der Waals surface area contributed by atoms with Crippen LogP contribution in [0.5, 0.6) is 0 Å². The molecule has 0 radical (unpaired) electrons. The van der Waals surface area contributed by atoms with Crippen molar-refractivity contribution in [3.63, 3.8) is 0 Å². The van der Waals surface area contributed by atoms with Gasteiger partial charge in [-0.05, 0) is 55.4 Å². The summed E-state index contributed by atoms with van der Waals surface area (Å²) >= 11 is 0. The van der Waals surface area contributed by atoms with E-state index in [4.69, 9.17) is 0 Å². The van der Waals surface area contributed by atoms with Gasteiger partial charge >= 0.3 is 0 Å². The van der Waals surface area contributed by atoms with Crippen molar-refractivity contribution in [2.24, 2.45) is 11.3 Å². The van der Waals surface area contributed by atoms with Gasteiger partial charge in [-0.1, -0.05) is 71.6 Å². The van der Waals surface area contributed by atoms with Crippen molar-refractivity contribution in [1.29, 1.82) is 0 Å². The van der Waals surface area contributed by atoms with E-state index >= 15 is 0 Å². The van der Waals surface area contributed by atoms with Crippen LogP contribution < -0.4 is 0 Å². The maximum absolute atomic E-state index is 13.2. The van der Waals surface area contributed by atoms with Gasteiger partial charge in [-0.15, -0.1) is 0 Å². The summed E-state index contributed by atoms with van der Waals surface area (Å²) in [5, 5.41) is 0. The van der Waals surface area contributed by atoms with Crippen LogP contribution in [0.2, 0.25) is 0 Å². The molecule has 1 unspecified atom stereocenters. The molecular formula is C22H34O2S. The van der Waals surface area contributed by atoms with Gasteiger partial charge in [-0.2, -0.15) is 0 Å². The Hall–Kier alpha value is -1.61. The van der Waals surface area contributed by atoms with Crippen molar-refractivity contribution < 1.29 is 8.42 Å². The molecule has 0 aromatic carbocycles. The average molecular weight is 363 g/mol. The van der Waals surface area contributed by atoms with Crippen molar-refractivity contribution in [3.05, 3.63) is 70.6 Å². The van der Waals surface area contributed by atoms with E-state index < -0.39 is 9.84 Å². The Morgan fingerprint density at radius 3 is 2.04 bits per heavy atom. The molecule has 1 atom stereocenters. The molecule has 0 amide bonds. The third kappa shape index (κ3) is 6.66. The van der Waals surface area contributed by atoms with Crippen LogP contribution in [0.4, 0.5) is 0 Å². The zero-order valence-corrected chi connectivity index (χ0v) is 17.7. The molecule has 0 fully saturated rings. The van der Waals surface area contributed by atoms with E-state index in [1.807, 2.05) is 27.7 Å². The van der Waals surface area contributed by atoms with Crippen LogP contribution in [0.1, 0.15) is 54.9 Å². The molecule has 0 heterocycles. The van der Waals surface area contributed by atoms with E-state index in [0.717, 1.165) is 17.6 Å². The van der Waals surface area contributed by atoms with E-state index in [1.165, 1.54) is 6.08 Å². The first-order chi connectivity index (χ1) is 11.4. The Morgan fingerprint density at radius 1 is 1.12 bits per heavy atom. The summed E-state index contributed by atoms with van der Waals surface area (Å²) in [7, 11) is -3.63. The Balaban J connectivity index is 6.29. The SMILES string of the molecule is C=C/C=C(\C=C(/C)C(C)CC)S(=O)(=O)C(/C=C(\C=C)C(C)(C)C)=C/C. The topological polar surface area (TPSA) is 34.1 Å². The highest BCUT2D eigenvalue weighted by Crippen LogP contribution is 2.30. The minimum absolute atomic E-state index is 0.184. The fourth-order valence-electron chi connectivity index (χ4n) is 2.21. The Labute approximate surface area is 155 Å². The lowest BCUT2D eigenvalue weighted by Crippen LogP contribution is -2.11. The van der Waals surface area contributed by atoms with Crippen molar-refractivity contribution >= 4 is 9.84 Å². The summed E-state index contributed by atoms with van der Waals surface area (Å²) in [5.74, 6) is 0.325. The molecule has 0 aromatic rings. The Morgan fingerprint density at radius 2 is 1.68 bits per heavy atom. The van der Waals surface area contributed by atoms with E-state index in [2.05, 4.69) is 27.0 Å². The minimum atomic E-state index is -3.63. The first-order valence-electron chi connectivity index (χ1n) is 8.72. The number of hydrogen-bond donors (Lipinski definition) is 0. The Bertz CT molecular complexity index is 706. The molecule has 0 aromatic heterocycles. The number of rotatable bonds is 8. The van der Waals surface area contributed by atoms with E-state index in [1.54, 1.807) is 37.3 Å². The number of sulfone groups is 1. The zero-order valence-electron chi connectivity index (χ0n) is 16.9. The lowest BCUT2D eigenvalue weighted by atomic mass is 9.86. The summed E-state index contributed by atoms with van der Waals surface area (Å²) in [6.45, 7) is 21.5. The fourth-order valence-corrected chi connectivity index (χ4v) is 3.69. The third-order valence-electron chi connectivity index (χ3n) is 4.33. The van der Waals surface area contributed by atoms with Gasteiger partial charge in [0.15, 0.2) is 0 Å². The van der Waals surface area contributed by atoms with Crippen LogP contribution >= 0.6 is 0 Å². The van der Waals surface area contributed by atoms with Gasteiger partial charge in [0.25, 0.3) is 0 Å². The van der Waals surface area contributed by atoms with E-state index in [0.29, 0.717) is 5.92 Å². The standard InChI is InChI=1S/C22H34O2S/c1-10-14-21(15-18(6)17(5)11-2)25(23,24)20(13-4)16-19(12-3)22(7,8)9/h10,12-17H,1,3,11H2,2,4-9H3/b18-15+,19-16+,20-13+,21-14+. The molecular weight excluding hydrogens is 328 g/mol. The van der Waals surface area contributed by atoms with Crippen LogP contribution in [0.25, 0.3) is 0 Å². The lowest BCUT2D eigenvalue weighted by Gasteiger charge is -2.21. The molecule has 0 aliphatic rings. The maximum Gasteiger partial charge on any atom is 0.206 e. The first-order valence-corrected chi connectivity index (χ1v) is 10.2. The van der Waals surface area contributed by atoms with Gasteiger partial charge in [-0.3, -0.25) is 0 Å². The van der Waals surface area contributed by atoms with Crippen molar-refractivity contribution in [2.75, 3.05) is 0 Å². The fraction of sp³-hybridized carbons (Fsp3) is 0.455. The van der Waals surface area contributed by atoms with Crippen LogP contribution in [-0.4, -0.2) is 8.42 Å². The molecule has 25 heavy (non-hydrogen) atoms. The first kappa shape index (κ1) is 23.4. The van der Waals surface area contributed by atoms with Crippen molar-refractivity contribution in [2.45, 2.75) is 54.9 Å². The zero-order chi connectivity index (χ0) is 19.8. The normalized spacial score (nSPS) is 16.6. The summed E-state index contributed by atoms with van der Waals surface area (Å²) < 4.78 is 26.3. The van der Waals surface area contributed by atoms with Crippen molar-refractivity contribution in [3.8, 4) is 0 Å². The van der Waals surface area contributed by atoms with Gasteiger partial charge in [0.2, 0.25) is 9.84 Å². The molecule has 0 aliphatic carbocycles. The third-order valence-corrected chi connectivity index (χ3v) is 6.18. The van der Waals surface area contributed by atoms with Crippen LogP contribution in [0.3, 0.4) is 0 Å². The van der Waals surface area contributed by atoms with Crippen molar-refractivity contribution in [1.82, 2.24) is 0 Å². The van der Waals surface area contributed by atoms with Crippen LogP contribution in [0.15, 0.2) is 70.6 Å². The molecule has 3 heteroatoms. The molecule has 0 aliphatic heterocycles. The second-order valence-corrected chi connectivity index (χ2v) is 9.20. The summed E-state index contributed by atoms with van der Waals surface area (Å²) in [6, 6.07) is 0.